The molecule has 1 fully saturated rings. The molecule has 1 saturated heterocycles. The number of likely N-dealkylation sites (N-methyl/N-ethyl adjacent to an activating group) is 1. The number of aromatic hydroxyl groups is 1. The number of aliphatic imine (C=N–C) groups is 1. The fourth-order valence-electron chi connectivity index (χ4n) is 5.84. The van der Waals surface area contributed by atoms with Crippen LogP contribution in [0.5, 0.6) is 40.4 Å². The van der Waals surface area contributed by atoms with Crippen LogP contribution in [0.4, 0.5) is 10.1 Å². The Morgan fingerprint density at radius 2 is 1.68 bits per heavy atom. The molecule has 0 spiro atoms. The highest BCUT2D eigenvalue weighted by Crippen LogP contribution is 2.39. The highest BCUT2D eigenvalue weighted by Gasteiger charge is 2.20. The minimum atomic E-state index is -0.957. The van der Waals surface area contributed by atoms with Gasteiger partial charge >= 0.3 is 5.69 Å². The number of aromatic nitrogens is 3. The van der Waals surface area contributed by atoms with Gasteiger partial charge in [-0.05, 0) is 37.7 Å². The van der Waals surface area contributed by atoms with E-state index in [0.717, 1.165) is 56.0 Å². The van der Waals surface area contributed by atoms with Crippen LogP contribution < -0.4 is 34.9 Å². The van der Waals surface area contributed by atoms with Crippen molar-refractivity contribution in [1.29, 1.82) is 0 Å². The number of piperazine rings is 1. The number of nitrogens with zero attached hydrogens (tertiary/aromatic N) is 5. The standard InChI is InChI=1S/C37H38ClFN6O8/c1-43-11-13-44(14-12-43)10-5-15-52-34-19-27-23(17-33(34)51-4)29(8-9-40-27)53-30-7-6-22(16-26(30)39)41-21-24-35(46)42-37(48)45(36(24)47)28-20-31(49-2)25(38)18-32(28)50-3/h6-9,16-21,47H,5,10-15H2,1-4H3,(H,42,46,48). The molecule has 3 aromatic carbocycles. The third-order valence-corrected chi connectivity index (χ3v) is 9.05. The first-order valence-electron chi connectivity index (χ1n) is 16.6. The molecule has 278 valence electrons. The summed E-state index contributed by atoms with van der Waals surface area (Å²) in [4.78, 5) is 41.0. The quantitative estimate of drug-likeness (QED) is 0.121. The zero-order chi connectivity index (χ0) is 37.6. The number of rotatable bonds is 13. The van der Waals surface area contributed by atoms with Crippen LogP contribution >= 0.6 is 11.6 Å². The lowest BCUT2D eigenvalue weighted by molar-refractivity contribution is 0.145. The van der Waals surface area contributed by atoms with Gasteiger partial charge in [-0.2, -0.15) is 0 Å². The van der Waals surface area contributed by atoms with Crippen LogP contribution in [-0.2, 0) is 0 Å². The van der Waals surface area contributed by atoms with E-state index in [4.69, 9.17) is 35.3 Å². The molecule has 0 unspecified atom stereocenters. The lowest BCUT2D eigenvalue weighted by Gasteiger charge is -2.32. The van der Waals surface area contributed by atoms with Crippen molar-refractivity contribution in [2.75, 3.05) is 67.7 Å². The Hall–Kier alpha value is -5.64. The summed E-state index contributed by atoms with van der Waals surface area (Å²) in [5.41, 5.74) is -1.56. The van der Waals surface area contributed by atoms with E-state index < -0.39 is 22.9 Å². The van der Waals surface area contributed by atoms with Crippen molar-refractivity contribution in [3.05, 3.63) is 92.0 Å². The molecule has 6 rings (SSSR count). The second-order valence-electron chi connectivity index (χ2n) is 12.1. The zero-order valence-electron chi connectivity index (χ0n) is 29.5. The van der Waals surface area contributed by atoms with Gasteiger partial charge in [-0.15, -0.1) is 0 Å². The largest absolute Gasteiger partial charge is 0.495 e. The topological polar surface area (TPSA) is 153 Å². The molecule has 0 atom stereocenters. The summed E-state index contributed by atoms with van der Waals surface area (Å²) in [6.07, 6.45) is 3.42. The lowest BCUT2D eigenvalue weighted by Crippen LogP contribution is -2.44. The second kappa shape index (κ2) is 16.4. The molecular formula is C37H38ClFN6O8. The summed E-state index contributed by atoms with van der Waals surface area (Å²) in [6.45, 7) is 5.66. The summed E-state index contributed by atoms with van der Waals surface area (Å²) < 4.78 is 44.5. The van der Waals surface area contributed by atoms with E-state index >= 15 is 4.39 Å². The van der Waals surface area contributed by atoms with Gasteiger partial charge in [0.2, 0.25) is 5.88 Å². The highest BCUT2D eigenvalue weighted by atomic mass is 35.5. The number of halogens is 2. The maximum absolute atomic E-state index is 15.4. The first kappa shape index (κ1) is 37.1. The van der Waals surface area contributed by atoms with Crippen molar-refractivity contribution >= 4 is 34.4 Å². The average molecular weight is 749 g/mol. The molecule has 5 aromatic rings. The lowest BCUT2D eigenvalue weighted by atomic mass is 10.1. The molecule has 3 heterocycles. The number of ether oxygens (including phenoxy) is 5. The van der Waals surface area contributed by atoms with Gasteiger partial charge in [0.05, 0.1) is 49.9 Å². The first-order chi connectivity index (χ1) is 25.6. The SMILES string of the molecule is COc1cc(-n2c(O)c(C=Nc3ccc(Oc4ccnc5cc(OCCCN6CCN(C)CC6)c(OC)cc45)c(F)c3)c(=O)[nH]c2=O)c(OC)cc1Cl. The molecule has 0 radical (unpaired) electrons. The van der Waals surface area contributed by atoms with E-state index in [1.807, 2.05) is 0 Å². The van der Waals surface area contributed by atoms with E-state index in [1.54, 1.807) is 31.5 Å². The monoisotopic (exact) mass is 748 g/mol. The molecule has 0 amide bonds. The summed E-state index contributed by atoms with van der Waals surface area (Å²) in [6, 6.07) is 11.8. The molecule has 1 aliphatic heterocycles. The van der Waals surface area contributed by atoms with E-state index in [9.17, 15) is 14.7 Å². The van der Waals surface area contributed by atoms with Crippen LogP contribution in [0.2, 0.25) is 5.02 Å². The molecule has 16 heteroatoms. The normalized spacial score (nSPS) is 13.8. The number of methoxy groups -OCH3 is 3. The fourth-order valence-corrected chi connectivity index (χ4v) is 6.07. The number of H-pyrrole nitrogens is 1. The predicted octanol–water partition coefficient (Wildman–Crippen LogP) is 5.16. The number of fused-ring (bicyclic) bond motifs is 1. The van der Waals surface area contributed by atoms with Crippen molar-refractivity contribution in [2.45, 2.75) is 6.42 Å². The number of hydrogen-bond donors (Lipinski definition) is 2. The van der Waals surface area contributed by atoms with Crippen molar-refractivity contribution in [3.63, 3.8) is 0 Å². The second-order valence-corrected chi connectivity index (χ2v) is 12.5. The van der Waals surface area contributed by atoms with Crippen molar-refractivity contribution < 1.29 is 33.2 Å². The third-order valence-electron chi connectivity index (χ3n) is 8.75. The fraction of sp³-hybridized carbons (Fsp3) is 0.297. The van der Waals surface area contributed by atoms with Gasteiger partial charge in [0.25, 0.3) is 5.56 Å². The number of nitrogens with one attached hydrogen (secondary N) is 1. The van der Waals surface area contributed by atoms with Crippen molar-refractivity contribution in [2.24, 2.45) is 4.99 Å². The van der Waals surface area contributed by atoms with Crippen LogP contribution in [0.3, 0.4) is 0 Å². The minimum absolute atomic E-state index is 0.0384. The number of benzene rings is 3. The van der Waals surface area contributed by atoms with Gasteiger partial charge in [-0.25, -0.2) is 13.8 Å². The van der Waals surface area contributed by atoms with Gasteiger partial charge in [0.15, 0.2) is 23.1 Å². The molecule has 14 nitrogen and oxygen atoms in total. The van der Waals surface area contributed by atoms with Gasteiger partial charge in [0, 0.05) is 74.8 Å². The Morgan fingerprint density at radius 1 is 0.925 bits per heavy atom. The van der Waals surface area contributed by atoms with Crippen LogP contribution in [0.15, 0.2) is 69.3 Å². The molecular weight excluding hydrogens is 711 g/mol. The van der Waals surface area contributed by atoms with Crippen LogP contribution in [-0.4, -0.2) is 103 Å². The first-order valence-corrected chi connectivity index (χ1v) is 17.0. The third kappa shape index (κ3) is 8.22. The Balaban J connectivity index is 1.20. The average Bonchev–Trinajstić information content (AvgIpc) is 3.15. The molecule has 2 aromatic heterocycles. The van der Waals surface area contributed by atoms with Gasteiger partial charge in [-0.1, -0.05) is 11.6 Å². The van der Waals surface area contributed by atoms with Gasteiger partial charge in [0.1, 0.15) is 22.8 Å². The summed E-state index contributed by atoms with van der Waals surface area (Å²) in [5, 5.41) is 11.8. The molecule has 0 bridgehead atoms. The number of pyridine rings is 1. The van der Waals surface area contributed by atoms with Gasteiger partial charge in [-0.3, -0.25) is 19.8 Å². The molecule has 53 heavy (non-hydrogen) atoms. The van der Waals surface area contributed by atoms with Crippen LogP contribution in [0.1, 0.15) is 12.0 Å². The predicted molar refractivity (Wildman–Crippen MR) is 199 cm³/mol. The zero-order valence-corrected chi connectivity index (χ0v) is 30.3. The Kier molecular flexibility index (Phi) is 11.5. The highest BCUT2D eigenvalue weighted by molar-refractivity contribution is 6.32. The van der Waals surface area contributed by atoms with Gasteiger partial charge < -0.3 is 38.6 Å². The summed E-state index contributed by atoms with van der Waals surface area (Å²) in [5.74, 6) is 0.0657. The van der Waals surface area contributed by atoms with Crippen LogP contribution in [0, 0.1) is 5.82 Å². The summed E-state index contributed by atoms with van der Waals surface area (Å²) in [7, 11) is 6.40. The maximum Gasteiger partial charge on any atom is 0.335 e. The van der Waals surface area contributed by atoms with E-state index in [0.29, 0.717) is 34.8 Å². The van der Waals surface area contributed by atoms with E-state index in [1.165, 1.54) is 38.5 Å². The summed E-state index contributed by atoms with van der Waals surface area (Å²) >= 11 is 6.19. The van der Waals surface area contributed by atoms with E-state index in [2.05, 4.69) is 31.8 Å². The number of aromatic amines is 1. The Labute approximate surface area is 308 Å². The van der Waals surface area contributed by atoms with Crippen LogP contribution in [0.25, 0.3) is 16.6 Å². The Bertz CT molecular complexity index is 2270. The number of hydrogen-bond acceptors (Lipinski definition) is 12. The Morgan fingerprint density at radius 3 is 2.40 bits per heavy atom. The maximum atomic E-state index is 15.4. The molecule has 0 aliphatic carbocycles. The van der Waals surface area contributed by atoms with E-state index in [-0.39, 0.29) is 39.2 Å². The molecule has 1 aliphatic rings. The smallest absolute Gasteiger partial charge is 0.335 e. The molecule has 2 N–H and O–H groups in total. The minimum Gasteiger partial charge on any atom is -0.495 e. The molecule has 0 saturated carbocycles. The van der Waals surface area contributed by atoms with Crippen molar-refractivity contribution in [1.82, 2.24) is 24.3 Å². The van der Waals surface area contributed by atoms with Crippen molar-refractivity contribution in [3.8, 4) is 46.1 Å².